The Labute approximate surface area is 111 Å². The van der Waals surface area contributed by atoms with Gasteiger partial charge >= 0.3 is 0 Å². The summed E-state index contributed by atoms with van der Waals surface area (Å²) in [5.41, 5.74) is 6.87. The molecule has 2 rings (SSSR count). The fraction of sp³-hybridized carbons (Fsp3) is 0.143. The summed E-state index contributed by atoms with van der Waals surface area (Å²) in [4.78, 5) is 16.1. The average molecular weight is 257 g/mol. The highest BCUT2D eigenvalue weighted by Crippen LogP contribution is 2.18. The maximum absolute atomic E-state index is 12.1. The molecule has 0 spiro atoms. The second-order valence-corrected chi connectivity index (χ2v) is 3.99. The van der Waals surface area contributed by atoms with E-state index >= 15 is 0 Å². The van der Waals surface area contributed by atoms with Gasteiger partial charge in [0.25, 0.3) is 5.91 Å². The molecule has 19 heavy (non-hydrogen) atoms. The molecule has 2 aromatic rings. The molecule has 0 aliphatic carbocycles. The van der Waals surface area contributed by atoms with Crippen molar-refractivity contribution in [3.63, 3.8) is 0 Å². The standard InChI is InChI=1S/C14H15N3O2/c1-19-13(10-5-3-2-4-6-10)14(18)17-12-8-7-11(15)9-16-12/h2-9,13H,15H2,1H3,(H,16,17,18). The van der Waals surface area contributed by atoms with Crippen LogP contribution in [0.4, 0.5) is 11.5 Å². The van der Waals surface area contributed by atoms with Crippen LogP contribution in [0.25, 0.3) is 0 Å². The zero-order valence-electron chi connectivity index (χ0n) is 10.5. The van der Waals surface area contributed by atoms with Crippen LogP contribution in [0, 0.1) is 0 Å². The van der Waals surface area contributed by atoms with Crippen molar-refractivity contribution < 1.29 is 9.53 Å². The van der Waals surface area contributed by atoms with E-state index in [0.717, 1.165) is 5.56 Å². The zero-order chi connectivity index (χ0) is 13.7. The molecule has 0 fully saturated rings. The zero-order valence-corrected chi connectivity index (χ0v) is 10.5. The topological polar surface area (TPSA) is 77.2 Å². The first-order chi connectivity index (χ1) is 9.20. The predicted molar refractivity (Wildman–Crippen MR) is 73.5 cm³/mol. The number of hydrogen-bond acceptors (Lipinski definition) is 4. The van der Waals surface area contributed by atoms with Crippen molar-refractivity contribution in [1.29, 1.82) is 0 Å². The third kappa shape index (κ3) is 3.29. The number of carbonyl (C=O) groups is 1. The first kappa shape index (κ1) is 13.0. The number of nitrogens with zero attached hydrogens (tertiary/aromatic N) is 1. The first-order valence-electron chi connectivity index (χ1n) is 5.81. The molecule has 98 valence electrons. The van der Waals surface area contributed by atoms with Crippen LogP contribution in [0.5, 0.6) is 0 Å². The Kier molecular flexibility index (Phi) is 4.10. The number of rotatable bonds is 4. The summed E-state index contributed by atoms with van der Waals surface area (Å²) in [5.74, 6) is 0.170. The number of anilines is 2. The van der Waals surface area contributed by atoms with Crippen molar-refractivity contribution in [2.75, 3.05) is 18.2 Å². The number of methoxy groups -OCH3 is 1. The van der Waals surface area contributed by atoms with Gasteiger partial charge in [0.1, 0.15) is 5.82 Å². The number of nitrogens with one attached hydrogen (secondary N) is 1. The molecule has 0 aliphatic heterocycles. The van der Waals surface area contributed by atoms with Gasteiger partial charge in [-0.15, -0.1) is 0 Å². The number of pyridine rings is 1. The fourth-order valence-corrected chi connectivity index (χ4v) is 1.69. The molecule has 1 aromatic heterocycles. The molecule has 3 N–H and O–H groups in total. The molecule has 1 aromatic carbocycles. The van der Waals surface area contributed by atoms with Crippen LogP contribution in [0.1, 0.15) is 11.7 Å². The van der Waals surface area contributed by atoms with Crippen molar-refractivity contribution in [2.45, 2.75) is 6.10 Å². The van der Waals surface area contributed by atoms with E-state index in [1.54, 1.807) is 12.1 Å². The van der Waals surface area contributed by atoms with Gasteiger partial charge in [-0.3, -0.25) is 4.79 Å². The Balaban J connectivity index is 2.11. The Morgan fingerprint density at radius 2 is 2.00 bits per heavy atom. The van der Waals surface area contributed by atoms with Crippen molar-refractivity contribution in [3.05, 3.63) is 54.2 Å². The van der Waals surface area contributed by atoms with Gasteiger partial charge in [0, 0.05) is 7.11 Å². The van der Waals surface area contributed by atoms with Gasteiger partial charge in [-0.1, -0.05) is 30.3 Å². The monoisotopic (exact) mass is 257 g/mol. The van der Waals surface area contributed by atoms with Gasteiger partial charge in [-0.2, -0.15) is 0 Å². The number of aromatic nitrogens is 1. The molecular weight excluding hydrogens is 242 g/mol. The highest BCUT2D eigenvalue weighted by Gasteiger charge is 2.20. The van der Waals surface area contributed by atoms with Gasteiger partial charge in [0.2, 0.25) is 0 Å². The van der Waals surface area contributed by atoms with Crippen LogP contribution in [-0.2, 0) is 9.53 Å². The van der Waals surface area contributed by atoms with Crippen LogP contribution in [0.2, 0.25) is 0 Å². The molecule has 0 bridgehead atoms. The SMILES string of the molecule is COC(C(=O)Nc1ccc(N)cn1)c1ccccc1. The number of carbonyl (C=O) groups excluding carboxylic acids is 1. The quantitative estimate of drug-likeness (QED) is 0.878. The lowest BCUT2D eigenvalue weighted by Crippen LogP contribution is -2.23. The van der Waals surface area contributed by atoms with E-state index in [1.807, 2.05) is 30.3 Å². The molecule has 1 atom stereocenters. The van der Waals surface area contributed by atoms with Crippen molar-refractivity contribution in [2.24, 2.45) is 0 Å². The minimum Gasteiger partial charge on any atom is -0.397 e. The van der Waals surface area contributed by atoms with E-state index in [2.05, 4.69) is 10.3 Å². The summed E-state index contributed by atoms with van der Waals surface area (Å²) in [6.45, 7) is 0. The number of nitrogen functional groups attached to an aromatic ring is 1. The van der Waals surface area contributed by atoms with E-state index in [9.17, 15) is 4.79 Å². The third-order valence-corrected chi connectivity index (χ3v) is 2.61. The van der Waals surface area contributed by atoms with E-state index in [4.69, 9.17) is 10.5 Å². The van der Waals surface area contributed by atoms with Gasteiger partial charge in [-0.05, 0) is 17.7 Å². The maximum atomic E-state index is 12.1. The molecule has 0 saturated carbocycles. The summed E-state index contributed by atoms with van der Waals surface area (Å²) in [5, 5.41) is 2.69. The lowest BCUT2D eigenvalue weighted by atomic mass is 10.1. The summed E-state index contributed by atoms with van der Waals surface area (Å²) >= 11 is 0. The third-order valence-electron chi connectivity index (χ3n) is 2.61. The maximum Gasteiger partial charge on any atom is 0.259 e. The van der Waals surface area contributed by atoms with E-state index in [0.29, 0.717) is 11.5 Å². The predicted octanol–water partition coefficient (Wildman–Crippen LogP) is 1.99. The van der Waals surface area contributed by atoms with Gasteiger partial charge in [0.15, 0.2) is 6.10 Å². The summed E-state index contributed by atoms with van der Waals surface area (Å²) < 4.78 is 5.23. The Hall–Kier alpha value is -2.40. The van der Waals surface area contributed by atoms with E-state index in [1.165, 1.54) is 13.3 Å². The van der Waals surface area contributed by atoms with Crippen LogP contribution in [0.15, 0.2) is 48.7 Å². The van der Waals surface area contributed by atoms with Crippen LogP contribution in [-0.4, -0.2) is 18.0 Å². The highest BCUT2D eigenvalue weighted by molar-refractivity contribution is 5.94. The molecule has 1 amide bonds. The van der Waals surface area contributed by atoms with Gasteiger partial charge in [0.05, 0.1) is 11.9 Å². The summed E-state index contributed by atoms with van der Waals surface area (Å²) in [7, 11) is 1.49. The largest absolute Gasteiger partial charge is 0.397 e. The smallest absolute Gasteiger partial charge is 0.259 e. The molecule has 0 radical (unpaired) electrons. The summed E-state index contributed by atoms with van der Waals surface area (Å²) in [6, 6.07) is 12.6. The van der Waals surface area contributed by atoms with Crippen molar-refractivity contribution >= 4 is 17.4 Å². The Bertz CT molecular complexity index is 540. The summed E-state index contributed by atoms with van der Waals surface area (Å²) in [6.07, 6.45) is 0.820. The normalized spacial score (nSPS) is 11.8. The average Bonchev–Trinajstić information content (AvgIpc) is 2.43. The second kappa shape index (κ2) is 5.97. The molecule has 5 nitrogen and oxygen atoms in total. The lowest BCUT2D eigenvalue weighted by Gasteiger charge is -2.15. The van der Waals surface area contributed by atoms with Crippen LogP contribution < -0.4 is 11.1 Å². The molecule has 1 heterocycles. The highest BCUT2D eigenvalue weighted by atomic mass is 16.5. The number of benzene rings is 1. The van der Waals surface area contributed by atoms with Crippen LogP contribution in [0.3, 0.4) is 0 Å². The molecule has 0 saturated heterocycles. The molecule has 1 unspecified atom stereocenters. The van der Waals surface area contributed by atoms with Crippen molar-refractivity contribution in [3.8, 4) is 0 Å². The fourth-order valence-electron chi connectivity index (χ4n) is 1.69. The number of hydrogen-bond donors (Lipinski definition) is 2. The Morgan fingerprint density at radius 3 is 2.58 bits per heavy atom. The lowest BCUT2D eigenvalue weighted by molar-refractivity contribution is -0.126. The Morgan fingerprint density at radius 1 is 1.26 bits per heavy atom. The molecule has 5 heteroatoms. The number of ether oxygens (including phenoxy) is 1. The number of amides is 1. The van der Waals surface area contributed by atoms with E-state index < -0.39 is 6.10 Å². The molecule has 0 aliphatic rings. The van der Waals surface area contributed by atoms with Crippen LogP contribution >= 0.6 is 0 Å². The van der Waals surface area contributed by atoms with Gasteiger partial charge in [-0.25, -0.2) is 4.98 Å². The minimum absolute atomic E-state index is 0.272. The first-order valence-corrected chi connectivity index (χ1v) is 5.81. The number of nitrogens with two attached hydrogens (primary N) is 1. The van der Waals surface area contributed by atoms with E-state index in [-0.39, 0.29) is 5.91 Å². The minimum atomic E-state index is -0.666. The second-order valence-electron chi connectivity index (χ2n) is 3.99. The molecular formula is C14H15N3O2. The van der Waals surface area contributed by atoms with Gasteiger partial charge < -0.3 is 15.8 Å². The van der Waals surface area contributed by atoms with Crippen molar-refractivity contribution in [1.82, 2.24) is 4.98 Å².